The Morgan fingerprint density at radius 1 is 1.21 bits per heavy atom. The lowest BCUT2D eigenvalue weighted by Crippen LogP contribution is -2.23. The molecule has 7 nitrogen and oxygen atoms in total. The highest BCUT2D eigenvalue weighted by Crippen LogP contribution is 2.20. The predicted octanol–water partition coefficient (Wildman–Crippen LogP) is 2.84. The van der Waals surface area contributed by atoms with E-state index in [-0.39, 0.29) is 35.8 Å². The highest BCUT2D eigenvalue weighted by Gasteiger charge is 2.29. The van der Waals surface area contributed by atoms with E-state index in [1.165, 1.54) is 18.3 Å². The number of pyridine rings is 2. The van der Waals surface area contributed by atoms with Gasteiger partial charge in [-0.25, -0.2) is 14.4 Å². The highest BCUT2D eigenvalue weighted by atomic mass is 19.4. The molecule has 2 aromatic rings. The summed E-state index contributed by atoms with van der Waals surface area (Å²) >= 11 is 0. The molecule has 2 amide bonds. The molecule has 2 N–H and O–H groups in total. The van der Waals surface area contributed by atoms with E-state index in [0.29, 0.717) is 0 Å². The lowest BCUT2D eigenvalue weighted by molar-refractivity contribution is -0.154. The molecule has 2 aromatic heterocycles. The number of halogens is 4. The molecule has 28 heavy (non-hydrogen) atoms. The number of hydrogen-bond acceptors (Lipinski definition) is 5. The van der Waals surface area contributed by atoms with Crippen LogP contribution in [0, 0.1) is 5.82 Å². The van der Waals surface area contributed by atoms with Crippen molar-refractivity contribution in [3.63, 3.8) is 0 Å². The van der Waals surface area contributed by atoms with Crippen LogP contribution in [0.4, 0.5) is 23.4 Å². The second kappa shape index (κ2) is 9.11. The minimum atomic E-state index is -4.61. The van der Waals surface area contributed by atoms with Gasteiger partial charge in [0, 0.05) is 30.9 Å². The fraction of sp³-hybridized carbons (Fsp3) is 0.294. The van der Waals surface area contributed by atoms with Crippen LogP contribution in [0.15, 0.2) is 30.6 Å². The van der Waals surface area contributed by atoms with Crippen LogP contribution in [0.3, 0.4) is 0 Å². The van der Waals surface area contributed by atoms with Crippen LogP contribution in [0.1, 0.15) is 29.3 Å². The smallest absolute Gasteiger partial charge is 0.422 e. The first-order valence-electron chi connectivity index (χ1n) is 8.06. The zero-order chi connectivity index (χ0) is 20.7. The Morgan fingerprint density at radius 2 is 1.96 bits per heavy atom. The number of ether oxygens (including phenoxy) is 1. The average Bonchev–Trinajstić information content (AvgIpc) is 2.64. The van der Waals surface area contributed by atoms with Crippen molar-refractivity contribution in [1.29, 1.82) is 0 Å². The van der Waals surface area contributed by atoms with Crippen LogP contribution >= 0.6 is 0 Å². The molecular formula is C17H16F4N4O3. The summed E-state index contributed by atoms with van der Waals surface area (Å²) in [5.41, 5.74) is 0.429. The van der Waals surface area contributed by atoms with Crippen molar-refractivity contribution in [3.05, 3.63) is 47.5 Å². The molecule has 0 fully saturated rings. The Hall–Kier alpha value is -3.24. The lowest BCUT2D eigenvalue weighted by atomic mass is 10.2. The summed E-state index contributed by atoms with van der Waals surface area (Å²) in [4.78, 5) is 30.9. The molecule has 2 rings (SSSR count). The third-order valence-corrected chi connectivity index (χ3v) is 3.30. The number of hydrogen-bond donors (Lipinski definition) is 2. The van der Waals surface area contributed by atoms with Gasteiger partial charge in [-0.05, 0) is 23.8 Å². The second-order valence-corrected chi connectivity index (χ2v) is 5.55. The number of carbonyl (C=O) groups is 2. The minimum Gasteiger partial charge on any atom is -0.466 e. The fourth-order valence-corrected chi connectivity index (χ4v) is 1.97. The van der Waals surface area contributed by atoms with Crippen molar-refractivity contribution in [2.24, 2.45) is 0 Å². The molecule has 0 unspecified atom stereocenters. The molecule has 0 bridgehead atoms. The number of alkyl halides is 3. The minimum absolute atomic E-state index is 0.124. The quantitative estimate of drug-likeness (QED) is 0.698. The third-order valence-electron chi connectivity index (χ3n) is 3.30. The highest BCUT2D eigenvalue weighted by molar-refractivity contribution is 5.96. The Labute approximate surface area is 157 Å². The maximum Gasteiger partial charge on any atom is 0.422 e. The van der Waals surface area contributed by atoms with E-state index in [0.717, 1.165) is 12.3 Å². The van der Waals surface area contributed by atoms with Crippen molar-refractivity contribution in [1.82, 2.24) is 15.3 Å². The summed E-state index contributed by atoms with van der Waals surface area (Å²) in [5, 5.41) is 5.02. The molecule has 0 saturated heterocycles. The van der Waals surface area contributed by atoms with Crippen LogP contribution in [0.2, 0.25) is 0 Å². The van der Waals surface area contributed by atoms with Gasteiger partial charge in [0.15, 0.2) is 12.4 Å². The lowest BCUT2D eigenvalue weighted by Gasteiger charge is -2.10. The average molecular weight is 400 g/mol. The molecule has 11 heteroatoms. The largest absolute Gasteiger partial charge is 0.466 e. The molecule has 0 aliphatic heterocycles. The molecule has 0 spiro atoms. The topological polar surface area (TPSA) is 93.2 Å². The van der Waals surface area contributed by atoms with Gasteiger partial charge in [0.2, 0.25) is 5.91 Å². The predicted molar refractivity (Wildman–Crippen MR) is 90.1 cm³/mol. The molecule has 0 aromatic carbocycles. The number of amides is 2. The van der Waals surface area contributed by atoms with E-state index in [1.54, 1.807) is 6.92 Å². The van der Waals surface area contributed by atoms with E-state index in [9.17, 15) is 27.2 Å². The molecule has 0 saturated carbocycles. The standard InChI is InChI=1S/C17H16F4N4O3/c1-2-14(26)25-13-6-11(3-4-22-13)15(27)23-7-10-5-12(18)16(24-8-10)28-9-17(19,20)21/h3-6,8H,2,7,9H2,1H3,(H,23,27)(H,22,25,26). The molecule has 150 valence electrons. The Bertz CT molecular complexity index is 859. The van der Waals surface area contributed by atoms with Gasteiger partial charge in [-0.3, -0.25) is 9.59 Å². The first-order chi connectivity index (χ1) is 13.2. The van der Waals surface area contributed by atoms with Crippen molar-refractivity contribution >= 4 is 17.6 Å². The van der Waals surface area contributed by atoms with Gasteiger partial charge < -0.3 is 15.4 Å². The van der Waals surface area contributed by atoms with Gasteiger partial charge in [-0.2, -0.15) is 13.2 Å². The number of carbonyl (C=O) groups excluding carboxylic acids is 2. The van der Waals surface area contributed by atoms with Crippen molar-refractivity contribution in [2.75, 3.05) is 11.9 Å². The molecular weight excluding hydrogens is 384 g/mol. The normalized spacial score (nSPS) is 11.0. The molecule has 0 atom stereocenters. The van der Waals surface area contributed by atoms with Gasteiger partial charge in [0.05, 0.1) is 0 Å². The Morgan fingerprint density at radius 3 is 2.61 bits per heavy atom. The van der Waals surface area contributed by atoms with E-state index >= 15 is 0 Å². The van der Waals surface area contributed by atoms with Gasteiger partial charge in [-0.15, -0.1) is 0 Å². The van der Waals surface area contributed by atoms with E-state index < -0.39 is 30.4 Å². The maximum absolute atomic E-state index is 13.8. The van der Waals surface area contributed by atoms with Crippen LogP contribution in [0.25, 0.3) is 0 Å². The summed E-state index contributed by atoms with van der Waals surface area (Å²) in [6, 6.07) is 3.71. The van der Waals surface area contributed by atoms with Crippen molar-refractivity contribution in [3.8, 4) is 5.88 Å². The summed E-state index contributed by atoms with van der Waals surface area (Å²) < 4.78 is 54.3. The van der Waals surface area contributed by atoms with Crippen LogP contribution in [-0.2, 0) is 11.3 Å². The zero-order valence-electron chi connectivity index (χ0n) is 14.6. The summed E-state index contributed by atoms with van der Waals surface area (Å²) in [6.45, 7) is -0.119. The number of nitrogens with zero attached hydrogens (tertiary/aromatic N) is 2. The van der Waals surface area contributed by atoms with Crippen LogP contribution in [0.5, 0.6) is 5.88 Å². The maximum atomic E-state index is 13.8. The van der Waals surface area contributed by atoms with Gasteiger partial charge in [0.1, 0.15) is 5.82 Å². The molecule has 2 heterocycles. The van der Waals surface area contributed by atoms with Gasteiger partial charge in [0.25, 0.3) is 11.8 Å². The van der Waals surface area contributed by atoms with E-state index in [1.807, 2.05) is 0 Å². The van der Waals surface area contributed by atoms with Crippen molar-refractivity contribution < 1.29 is 31.9 Å². The van der Waals surface area contributed by atoms with Crippen LogP contribution < -0.4 is 15.4 Å². The monoisotopic (exact) mass is 400 g/mol. The summed E-state index contributed by atoms with van der Waals surface area (Å²) in [6.07, 6.45) is -1.93. The van der Waals surface area contributed by atoms with Crippen molar-refractivity contribution in [2.45, 2.75) is 26.1 Å². The first-order valence-corrected chi connectivity index (χ1v) is 8.06. The molecule has 0 aliphatic carbocycles. The van der Waals surface area contributed by atoms with Crippen LogP contribution in [-0.4, -0.2) is 34.6 Å². The Balaban J connectivity index is 1.96. The second-order valence-electron chi connectivity index (χ2n) is 5.55. The van der Waals surface area contributed by atoms with E-state index in [2.05, 4.69) is 25.3 Å². The number of nitrogens with one attached hydrogen (secondary N) is 2. The SMILES string of the molecule is CCC(=O)Nc1cc(C(=O)NCc2cnc(OCC(F)(F)F)c(F)c2)ccn1. The van der Waals surface area contributed by atoms with Gasteiger partial charge >= 0.3 is 6.18 Å². The zero-order valence-corrected chi connectivity index (χ0v) is 14.6. The third kappa shape index (κ3) is 6.49. The molecule has 0 aliphatic rings. The Kier molecular flexibility index (Phi) is 6.85. The summed E-state index contributed by atoms with van der Waals surface area (Å²) in [5.74, 6) is -2.44. The summed E-state index contributed by atoms with van der Waals surface area (Å²) in [7, 11) is 0. The fourth-order valence-electron chi connectivity index (χ4n) is 1.97. The van der Waals surface area contributed by atoms with E-state index in [4.69, 9.17) is 0 Å². The number of anilines is 1. The number of aromatic nitrogens is 2. The first kappa shape index (κ1) is 21.1. The molecule has 0 radical (unpaired) electrons. The van der Waals surface area contributed by atoms with Gasteiger partial charge in [-0.1, -0.05) is 6.92 Å². The number of rotatable bonds is 7.